The van der Waals surface area contributed by atoms with Crippen LogP contribution in [-0.2, 0) is 4.74 Å². The standard InChI is InChI=1S/C16H27NO/c1-12-10-14(3)16(11-13(12)2)15(4)17-8-6-7-9-18-5/h10-11,15,17H,6-9H2,1-5H3. The first-order valence-corrected chi connectivity index (χ1v) is 6.86. The summed E-state index contributed by atoms with van der Waals surface area (Å²) in [5.74, 6) is 0. The van der Waals surface area contributed by atoms with E-state index < -0.39 is 0 Å². The molecule has 1 unspecified atom stereocenters. The van der Waals surface area contributed by atoms with E-state index >= 15 is 0 Å². The summed E-state index contributed by atoms with van der Waals surface area (Å²) in [7, 11) is 1.76. The van der Waals surface area contributed by atoms with E-state index in [0.29, 0.717) is 6.04 Å². The number of aryl methyl sites for hydroxylation is 3. The zero-order valence-corrected chi connectivity index (χ0v) is 12.5. The van der Waals surface area contributed by atoms with Crippen molar-refractivity contribution in [2.75, 3.05) is 20.3 Å². The third-order valence-corrected chi connectivity index (χ3v) is 3.57. The highest BCUT2D eigenvalue weighted by molar-refractivity contribution is 5.37. The van der Waals surface area contributed by atoms with Gasteiger partial charge in [-0.1, -0.05) is 12.1 Å². The molecular weight excluding hydrogens is 222 g/mol. The highest BCUT2D eigenvalue weighted by Gasteiger charge is 2.09. The van der Waals surface area contributed by atoms with Gasteiger partial charge in [0, 0.05) is 19.8 Å². The van der Waals surface area contributed by atoms with E-state index in [0.717, 1.165) is 19.6 Å². The zero-order chi connectivity index (χ0) is 13.5. The summed E-state index contributed by atoms with van der Waals surface area (Å²) in [5.41, 5.74) is 5.56. The highest BCUT2D eigenvalue weighted by Crippen LogP contribution is 2.21. The smallest absolute Gasteiger partial charge is 0.0462 e. The van der Waals surface area contributed by atoms with Crippen molar-refractivity contribution >= 4 is 0 Å². The molecule has 0 saturated heterocycles. The number of hydrogen-bond acceptors (Lipinski definition) is 2. The first-order valence-electron chi connectivity index (χ1n) is 6.86. The first-order chi connectivity index (χ1) is 8.56. The van der Waals surface area contributed by atoms with Crippen LogP contribution in [0.4, 0.5) is 0 Å². The van der Waals surface area contributed by atoms with E-state index in [1.54, 1.807) is 7.11 Å². The Morgan fingerprint density at radius 2 is 1.72 bits per heavy atom. The second-order valence-corrected chi connectivity index (χ2v) is 5.17. The van der Waals surface area contributed by atoms with Crippen molar-refractivity contribution in [1.29, 1.82) is 0 Å². The van der Waals surface area contributed by atoms with Crippen LogP contribution in [0.5, 0.6) is 0 Å². The van der Waals surface area contributed by atoms with Gasteiger partial charge in [0.1, 0.15) is 0 Å². The second-order valence-electron chi connectivity index (χ2n) is 5.17. The van der Waals surface area contributed by atoms with Crippen molar-refractivity contribution in [2.45, 2.75) is 46.6 Å². The summed E-state index contributed by atoms with van der Waals surface area (Å²) in [6.45, 7) is 10.7. The minimum atomic E-state index is 0.423. The van der Waals surface area contributed by atoms with Crippen molar-refractivity contribution in [2.24, 2.45) is 0 Å². The van der Waals surface area contributed by atoms with E-state index in [1.165, 1.54) is 28.7 Å². The van der Waals surface area contributed by atoms with E-state index in [4.69, 9.17) is 4.74 Å². The van der Waals surface area contributed by atoms with Gasteiger partial charge in [-0.15, -0.1) is 0 Å². The Hall–Kier alpha value is -0.860. The Morgan fingerprint density at radius 1 is 1.06 bits per heavy atom. The van der Waals surface area contributed by atoms with E-state index in [9.17, 15) is 0 Å². The molecular formula is C16H27NO. The van der Waals surface area contributed by atoms with Crippen LogP contribution in [0, 0.1) is 20.8 Å². The van der Waals surface area contributed by atoms with Gasteiger partial charge in [-0.25, -0.2) is 0 Å². The number of ether oxygens (including phenoxy) is 1. The van der Waals surface area contributed by atoms with Gasteiger partial charge in [-0.05, 0) is 69.3 Å². The monoisotopic (exact) mass is 249 g/mol. The molecule has 0 radical (unpaired) electrons. The van der Waals surface area contributed by atoms with Crippen LogP contribution in [0.15, 0.2) is 12.1 Å². The van der Waals surface area contributed by atoms with Gasteiger partial charge in [-0.3, -0.25) is 0 Å². The van der Waals surface area contributed by atoms with Crippen molar-refractivity contribution in [3.63, 3.8) is 0 Å². The fraction of sp³-hybridized carbons (Fsp3) is 0.625. The largest absolute Gasteiger partial charge is 0.385 e. The first kappa shape index (κ1) is 15.2. The molecule has 1 aromatic carbocycles. The fourth-order valence-corrected chi connectivity index (χ4v) is 2.25. The molecule has 2 heteroatoms. The van der Waals surface area contributed by atoms with E-state index in [1.807, 2.05) is 0 Å². The summed E-state index contributed by atoms with van der Waals surface area (Å²) in [5, 5.41) is 3.59. The van der Waals surface area contributed by atoms with E-state index in [-0.39, 0.29) is 0 Å². The molecule has 0 bridgehead atoms. The molecule has 1 N–H and O–H groups in total. The molecule has 0 saturated carbocycles. The normalized spacial score (nSPS) is 12.7. The zero-order valence-electron chi connectivity index (χ0n) is 12.5. The van der Waals surface area contributed by atoms with Crippen LogP contribution in [0.1, 0.15) is 48.1 Å². The maximum absolute atomic E-state index is 5.05. The van der Waals surface area contributed by atoms with Crippen LogP contribution in [0.25, 0.3) is 0 Å². The average Bonchev–Trinajstić information content (AvgIpc) is 2.33. The van der Waals surface area contributed by atoms with Gasteiger partial charge in [0.15, 0.2) is 0 Å². The molecule has 0 aromatic heterocycles. The van der Waals surface area contributed by atoms with Crippen molar-refractivity contribution in [3.05, 3.63) is 34.4 Å². The minimum absolute atomic E-state index is 0.423. The lowest BCUT2D eigenvalue weighted by atomic mass is 9.96. The molecule has 0 aliphatic heterocycles. The van der Waals surface area contributed by atoms with Gasteiger partial charge < -0.3 is 10.1 Å². The maximum Gasteiger partial charge on any atom is 0.0462 e. The number of nitrogens with one attached hydrogen (secondary N) is 1. The van der Waals surface area contributed by atoms with Gasteiger partial charge >= 0.3 is 0 Å². The van der Waals surface area contributed by atoms with Crippen molar-refractivity contribution in [3.8, 4) is 0 Å². The summed E-state index contributed by atoms with van der Waals surface area (Å²) in [4.78, 5) is 0. The number of benzene rings is 1. The summed E-state index contributed by atoms with van der Waals surface area (Å²) < 4.78 is 5.05. The summed E-state index contributed by atoms with van der Waals surface area (Å²) in [6, 6.07) is 5.03. The third-order valence-electron chi connectivity index (χ3n) is 3.57. The molecule has 0 aliphatic carbocycles. The molecule has 1 rings (SSSR count). The molecule has 1 atom stereocenters. The lowest BCUT2D eigenvalue weighted by Gasteiger charge is -2.18. The molecule has 0 aliphatic rings. The topological polar surface area (TPSA) is 21.3 Å². The predicted octanol–water partition coefficient (Wildman–Crippen LogP) is 3.69. The van der Waals surface area contributed by atoms with Crippen molar-refractivity contribution < 1.29 is 4.74 Å². The number of rotatable bonds is 7. The Labute approximate surface area is 112 Å². The summed E-state index contributed by atoms with van der Waals surface area (Å²) in [6.07, 6.45) is 2.30. The van der Waals surface area contributed by atoms with Gasteiger partial charge in [0.25, 0.3) is 0 Å². The number of unbranched alkanes of at least 4 members (excludes halogenated alkanes) is 1. The molecule has 102 valence electrons. The molecule has 0 heterocycles. The van der Waals surface area contributed by atoms with Crippen LogP contribution in [-0.4, -0.2) is 20.3 Å². The Bertz CT molecular complexity index is 374. The number of methoxy groups -OCH3 is 1. The van der Waals surface area contributed by atoms with Gasteiger partial charge in [0.2, 0.25) is 0 Å². The van der Waals surface area contributed by atoms with Crippen LogP contribution >= 0.6 is 0 Å². The Kier molecular flexibility index (Phi) is 6.37. The molecule has 0 fully saturated rings. The average molecular weight is 249 g/mol. The predicted molar refractivity (Wildman–Crippen MR) is 78.2 cm³/mol. The van der Waals surface area contributed by atoms with E-state index in [2.05, 4.69) is 45.1 Å². The van der Waals surface area contributed by atoms with Gasteiger partial charge in [-0.2, -0.15) is 0 Å². The molecule has 18 heavy (non-hydrogen) atoms. The quantitative estimate of drug-likeness (QED) is 0.744. The second kappa shape index (κ2) is 7.55. The Balaban J connectivity index is 2.51. The fourth-order valence-electron chi connectivity index (χ4n) is 2.25. The number of hydrogen-bond donors (Lipinski definition) is 1. The van der Waals surface area contributed by atoms with Crippen molar-refractivity contribution in [1.82, 2.24) is 5.32 Å². The SMILES string of the molecule is COCCCCNC(C)c1cc(C)c(C)cc1C. The van der Waals surface area contributed by atoms with Crippen LogP contribution in [0.3, 0.4) is 0 Å². The molecule has 1 aromatic rings. The van der Waals surface area contributed by atoms with Crippen LogP contribution < -0.4 is 5.32 Å². The minimum Gasteiger partial charge on any atom is -0.385 e. The molecule has 0 spiro atoms. The molecule has 2 nitrogen and oxygen atoms in total. The third kappa shape index (κ3) is 4.43. The van der Waals surface area contributed by atoms with Crippen LogP contribution in [0.2, 0.25) is 0 Å². The Morgan fingerprint density at radius 3 is 2.39 bits per heavy atom. The molecule has 0 amide bonds. The maximum atomic E-state index is 5.05. The summed E-state index contributed by atoms with van der Waals surface area (Å²) >= 11 is 0. The lowest BCUT2D eigenvalue weighted by molar-refractivity contribution is 0.192. The lowest BCUT2D eigenvalue weighted by Crippen LogP contribution is -2.21. The van der Waals surface area contributed by atoms with Gasteiger partial charge in [0.05, 0.1) is 0 Å². The highest BCUT2D eigenvalue weighted by atomic mass is 16.5.